The maximum absolute atomic E-state index is 12.3. The number of piperidine rings is 1. The number of nitrogens with zero attached hydrogens (tertiary/aromatic N) is 1. The fourth-order valence-electron chi connectivity index (χ4n) is 2.93. The second-order valence-electron chi connectivity index (χ2n) is 6.47. The summed E-state index contributed by atoms with van der Waals surface area (Å²) in [5.41, 5.74) is 0. The molecule has 19 heavy (non-hydrogen) atoms. The third-order valence-corrected chi connectivity index (χ3v) is 5.79. The molecule has 0 radical (unpaired) electrons. The Kier molecular flexibility index (Phi) is 5.58. The van der Waals surface area contributed by atoms with Crippen LogP contribution in [0.3, 0.4) is 0 Å². The van der Waals surface area contributed by atoms with Crippen molar-refractivity contribution in [2.75, 3.05) is 31.9 Å². The third kappa shape index (κ3) is 4.99. The summed E-state index contributed by atoms with van der Waals surface area (Å²) in [5.74, 6) is 2.24. The molecule has 0 aliphatic carbocycles. The first-order valence-corrected chi connectivity index (χ1v) is 8.68. The highest BCUT2D eigenvalue weighted by Crippen LogP contribution is 2.31. The van der Waals surface area contributed by atoms with E-state index in [2.05, 4.69) is 24.1 Å². The quantitative estimate of drug-likeness (QED) is 0.864. The van der Waals surface area contributed by atoms with Gasteiger partial charge in [-0.3, -0.25) is 4.79 Å². The van der Waals surface area contributed by atoms with E-state index in [0.717, 1.165) is 57.1 Å². The van der Waals surface area contributed by atoms with Gasteiger partial charge in [-0.05, 0) is 44.7 Å². The lowest BCUT2D eigenvalue weighted by Crippen LogP contribution is -2.34. The molecule has 2 saturated heterocycles. The molecule has 0 unspecified atom stereocenters. The first kappa shape index (κ1) is 15.2. The number of carbonyl (C=O) groups is 1. The first-order chi connectivity index (χ1) is 9.07. The van der Waals surface area contributed by atoms with Gasteiger partial charge in [0.15, 0.2) is 0 Å². The third-order valence-electron chi connectivity index (χ3n) is 4.42. The predicted molar refractivity (Wildman–Crippen MR) is 82.6 cm³/mol. The highest BCUT2D eigenvalue weighted by Gasteiger charge is 2.26. The molecule has 0 saturated carbocycles. The van der Waals surface area contributed by atoms with Crippen molar-refractivity contribution in [3.05, 3.63) is 0 Å². The molecule has 2 fully saturated rings. The van der Waals surface area contributed by atoms with Gasteiger partial charge in [0.25, 0.3) is 0 Å². The van der Waals surface area contributed by atoms with Crippen LogP contribution in [-0.4, -0.2) is 47.5 Å². The SMILES string of the molecule is CC1(C)CCN(C(=O)CCC2CCNCC2)CCS1. The van der Waals surface area contributed by atoms with Crippen molar-refractivity contribution in [2.24, 2.45) is 5.92 Å². The van der Waals surface area contributed by atoms with Gasteiger partial charge in [-0.1, -0.05) is 13.8 Å². The molecule has 0 bridgehead atoms. The minimum absolute atomic E-state index is 0.337. The Morgan fingerprint density at radius 3 is 2.79 bits per heavy atom. The summed E-state index contributed by atoms with van der Waals surface area (Å²) in [6.07, 6.45) is 5.46. The van der Waals surface area contributed by atoms with E-state index in [9.17, 15) is 4.79 Å². The van der Waals surface area contributed by atoms with Crippen molar-refractivity contribution in [3.8, 4) is 0 Å². The van der Waals surface area contributed by atoms with Gasteiger partial charge < -0.3 is 10.2 Å². The summed E-state index contributed by atoms with van der Waals surface area (Å²) in [5, 5.41) is 3.38. The number of carbonyl (C=O) groups excluding carboxylic acids is 1. The number of thioether (sulfide) groups is 1. The van der Waals surface area contributed by atoms with Gasteiger partial charge in [0, 0.05) is 30.0 Å². The number of hydrogen-bond donors (Lipinski definition) is 1. The molecule has 2 aliphatic heterocycles. The lowest BCUT2D eigenvalue weighted by Gasteiger charge is -2.25. The summed E-state index contributed by atoms with van der Waals surface area (Å²) in [4.78, 5) is 14.4. The summed E-state index contributed by atoms with van der Waals surface area (Å²) in [6.45, 7) is 8.74. The number of rotatable bonds is 3. The van der Waals surface area contributed by atoms with Gasteiger partial charge in [-0.15, -0.1) is 0 Å². The Labute approximate surface area is 121 Å². The Morgan fingerprint density at radius 1 is 1.32 bits per heavy atom. The highest BCUT2D eigenvalue weighted by atomic mass is 32.2. The summed E-state index contributed by atoms with van der Waals surface area (Å²) in [6, 6.07) is 0. The van der Waals surface area contributed by atoms with Crippen molar-refractivity contribution < 1.29 is 4.79 Å². The molecule has 3 nitrogen and oxygen atoms in total. The minimum Gasteiger partial charge on any atom is -0.342 e. The van der Waals surface area contributed by atoms with Crippen LogP contribution in [0, 0.1) is 5.92 Å². The van der Waals surface area contributed by atoms with E-state index < -0.39 is 0 Å². The molecule has 2 aliphatic rings. The number of nitrogens with one attached hydrogen (secondary N) is 1. The molecular weight excluding hydrogens is 256 g/mol. The van der Waals surface area contributed by atoms with Crippen LogP contribution >= 0.6 is 11.8 Å². The Balaban J connectivity index is 1.73. The maximum atomic E-state index is 12.3. The molecule has 110 valence electrons. The highest BCUT2D eigenvalue weighted by molar-refractivity contribution is 8.00. The Morgan fingerprint density at radius 2 is 2.05 bits per heavy atom. The fraction of sp³-hybridized carbons (Fsp3) is 0.933. The largest absolute Gasteiger partial charge is 0.342 e. The van der Waals surface area contributed by atoms with Crippen LogP contribution in [0.2, 0.25) is 0 Å². The summed E-state index contributed by atoms with van der Waals surface area (Å²) in [7, 11) is 0. The van der Waals surface area contributed by atoms with Crippen molar-refractivity contribution in [3.63, 3.8) is 0 Å². The summed E-state index contributed by atoms with van der Waals surface area (Å²) >= 11 is 2.01. The van der Waals surface area contributed by atoms with Crippen LogP contribution in [0.5, 0.6) is 0 Å². The van der Waals surface area contributed by atoms with E-state index in [0.29, 0.717) is 10.7 Å². The molecule has 0 atom stereocenters. The second-order valence-corrected chi connectivity index (χ2v) is 8.27. The van der Waals surface area contributed by atoms with E-state index in [4.69, 9.17) is 0 Å². The predicted octanol–water partition coefficient (Wildman–Crippen LogP) is 2.51. The monoisotopic (exact) mass is 284 g/mol. The minimum atomic E-state index is 0.337. The Bertz CT molecular complexity index is 301. The molecule has 0 aromatic heterocycles. The van der Waals surface area contributed by atoms with Gasteiger partial charge in [-0.25, -0.2) is 0 Å². The molecule has 1 N–H and O–H groups in total. The van der Waals surface area contributed by atoms with Gasteiger partial charge >= 0.3 is 0 Å². The van der Waals surface area contributed by atoms with Gasteiger partial charge in [0.1, 0.15) is 0 Å². The van der Waals surface area contributed by atoms with Crippen molar-refractivity contribution in [1.29, 1.82) is 0 Å². The van der Waals surface area contributed by atoms with Gasteiger partial charge in [-0.2, -0.15) is 11.8 Å². The van der Waals surface area contributed by atoms with E-state index in [1.807, 2.05) is 11.8 Å². The van der Waals surface area contributed by atoms with Crippen molar-refractivity contribution >= 4 is 17.7 Å². The molecule has 0 aromatic carbocycles. The van der Waals surface area contributed by atoms with Crippen LogP contribution in [0.4, 0.5) is 0 Å². The average molecular weight is 284 g/mol. The molecule has 2 rings (SSSR count). The van der Waals surface area contributed by atoms with Crippen LogP contribution in [0.25, 0.3) is 0 Å². The molecule has 2 heterocycles. The fourth-order valence-corrected chi connectivity index (χ4v) is 4.03. The van der Waals surface area contributed by atoms with Crippen LogP contribution in [0.15, 0.2) is 0 Å². The molecule has 4 heteroatoms. The van der Waals surface area contributed by atoms with E-state index >= 15 is 0 Å². The zero-order valence-corrected chi connectivity index (χ0v) is 13.2. The van der Waals surface area contributed by atoms with E-state index in [1.165, 1.54) is 12.8 Å². The van der Waals surface area contributed by atoms with Crippen LogP contribution in [0.1, 0.15) is 46.0 Å². The topological polar surface area (TPSA) is 32.3 Å². The zero-order valence-electron chi connectivity index (χ0n) is 12.4. The van der Waals surface area contributed by atoms with Crippen LogP contribution in [-0.2, 0) is 4.79 Å². The van der Waals surface area contributed by atoms with E-state index in [1.54, 1.807) is 0 Å². The maximum Gasteiger partial charge on any atom is 0.222 e. The smallest absolute Gasteiger partial charge is 0.222 e. The summed E-state index contributed by atoms with van der Waals surface area (Å²) < 4.78 is 0.337. The first-order valence-electron chi connectivity index (χ1n) is 7.69. The average Bonchev–Trinajstić information content (AvgIpc) is 2.58. The molecular formula is C15H28N2OS. The molecule has 0 aromatic rings. The van der Waals surface area contributed by atoms with E-state index in [-0.39, 0.29) is 0 Å². The van der Waals surface area contributed by atoms with Gasteiger partial charge in [0.2, 0.25) is 5.91 Å². The van der Waals surface area contributed by atoms with Crippen LogP contribution < -0.4 is 5.32 Å². The lowest BCUT2D eigenvalue weighted by molar-refractivity contribution is -0.131. The molecule has 1 amide bonds. The number of amides is 1. The second kappa shape index (κ2) is 6.98. The van der Waals surface area contributed by atoms with Crippen molar-refractivity contribution in [1.82, 2.24) is 10.2 Å². The zero-order chi connectivity index (χ0) is 13.7. The van der Waals surface area contributed by atoms with Crippen molar-refractivity contribution in [2.45, 2.75) is 50.7 Å². The number of hydrogen-bond acceptors (Lipinski definition) is 3. The Hall–Kier alpha value is -0.220. The van der Waals surface area contributed by atoms with Gasteiger partial charge in [0.05, 0.1) is 0 Å². The lowest BCUT2D eigenvalue weighted by atomic mass is 9.93. The standard InChI is InChI=1S/C15H28N2OS/c1-15(2)7-10-17(11-12-19-15)14(18)4-3-13-5-8-16-9-6-13/h13,16H,3-12H2,1-2H3. The molecule has 0 spiro atoms. The normalized spacial score (nSPS) is 25.1.